The number of nitrogens with two attached hydrogens (primary N) is 1. The van der Waals surface area contributed by atoms with Gasteiger partial charge in [-0.15, -0.1) is 11.3 Å². The highest BCUT2D eigenvalue weighted by atomic mass is 32.2. The minimum Gasteiger partial charge on any atom is -0.335 e. The Bertz CT molecular complexity index is 836. The van der Waals surface area contributed by atoms with Crippen molar-refractivity contribution < 1.29 is 13.2 Å². The Morgan fingerprint density at radius 1 is 1.33 bits per heavy atom. The van der Waals surface area contributed by atoms with E-state index in [1.807, 2.05) is 0 Å². The highest BCUT2D eigenvalue weighted by molar-refractivity contribution is 7.89. The van der Waals surface area contributed by atoms with Crippen molar-refractivity contribution in [1.29, 1.82) is 0 Å². The molecular formula is C15H18N4O3S2. The molecule has 0 aliphatic heterocycles. The number of pyridine rings is 1. The number of nitrogens with zero attached hydrogens (tertiary/aromatic N) is 3. The van der Waals surface area contributed by atoms with Gasteiger partial charge in [0, 0.05) is 18.1 Å². The van der Waals surface area contributed by atoms with Gasteiger partial charge in [0.05, 0.1) is 17.8 Å². The van der Waals surface area contributed by atoms with Crippen molar-refractivity contribution in [3.8, 4) is 0 Å². The summed E-state index contributed by atoms with van der Waals surface area (Å²) in [7, 11) is -2.17. The number of carbonyl (C=O) groups is 1. The highest BCUT2D eigenvalue weighted by Gasteiger charge is 2.19. The molecule has 0 radical (unpaired) electrons. The quantitative estimate of drug-likeness (QED) is 0.879. The van der Waals surface area contributed by atoms with Crippen molar-refractivity contribution in [1.82, 2.24) is 14.9 Å². The predicted molar refractivity (Wildman–Crippen MR) is 90.2 cm³/mol. The summed E-state index contributed by atoms with van der Waals surface area (Å²) in [6, 6.07) is 2.65. The van der Waals surface area contributed by atoms with Crippen LogP contribution < -0.4 is 5.14 Å². The van der Waals surface area contributed by atoms with Gasteiger partial charge in [0.15, 0.2) is 5.03 Å². The van der Waals surface area contributed by atoms with Crippen LogP contribution in [0.1, 0.15) is 38.8 Å². The summed E-state index contributed by atoms with van der Waals surface area (Å²) in [4.78, 5) is 23.7. The van der Waals surface area contributed by atoms with Crippen LogP contribution in [0.2, 0.25) is 0 Å². The van der Waals surface area contributed by atoms with Crippen molar-refractivity contribution in [2.24, 2.45) is 5.14 Å². The van der Waals surface area contributed by atoms with Crippen LogP contribution in [0, 0.1) is 0 Å². The number of thiazole rings is 1. The molecule has 0 saturated carbocycles. The van der Waals surface area contributed by atoms with E-state index in [0.29, 0.717) is 12.1 Å². The minimum atomic E-state index is -3.86. The van der Waals surface area contributed by atoms with E-state index in [0.717, 1.165) is 17.8 Å². The monoisotopic (exact) mass is 366 g/mol. The van der Waals surface area contributed by atoms with E-state index in [4.69, 9.17) is 5.14 Å². The van der Waals surface area contributed by atoms with Crippen LogP contribution in [0.4, 0.5) is 0 Å². The van der Waals surface area contributed by atoms with Gasteiger partial charge < -0.3 is 4.90 Å². The second kappa shape index (κ2) is 6.58. The summed E-state index contributed by atoms with van der Waals surface area (Å²) >= 11 is 1.67. The number of primary sulfonamides is 1. The average Bonchev–Trinajstić information content (AvgIpc) is 2.95. The molecule has 3 rings (SSSR count). The first-order chi connectivity index (χ1) is 11.3. The topological polar surface area (TPSA) is 106 Å². The van der Waals surface area contributed by atoms with Crippen molar-refractivity contribution in [2.45, 2.75) is 37.3 Å². The van der Waals surface area contributed by atoms with E-state index in [1.54, 1.807) is 23.3 Å². The van der Waals surface area contributed by atoms with Gasteiger partial charge in [-0.25, -0.2) is 23.5 Å². The van der Waals surface area contributed by atoms with E-state index in [-0.39, 0.29) is 10.9 Å². The third-order valence-electron chi connectivity index (χ3n) is 3.88. The van der Waals surface area contributed by atoms with Crippen LogP contribution in [0.5, 0.6) is 0 Å². The standard InChI is InChI=1S/C15H18N4O3S2/c1-19(9-13-18-11-4-2-3-5-12(11)23-13)15(20)10-6-7-14(17-8-10)24(16,21)22/h6-8H,2-5,9H2,1H3,(H2,16,21,22). The second-order valence-corrected chi connectivity index (χ2v) is 8.45. The molecule has 128 valence electrons. The molecule has 2 N–H and O–H groups in total. The van der Waals surface area contributed by atoms with Gasteiger partial charge in [0.2, 0.25) is 0 Å². The number of aryl methyl sites for hydroxylation is 2. The molecule has 0 aromatic carbocycles. The van der Waals surface area contributed by atoms with Crippen molar-refractivity contribution in [2.75, 3.05) is 7.05 Å². The van der Waals surface area contributed by atoms with E-state index >= 15 is 0 Å². The molecule has 0 saturated heterocycles. The Balaban J connectivity index is 1.71. The lowest BCUT2D eigenvalue weighted by Crippen LogP contribution is -2.26. The number of carbonyl (C=O) groups excluding carboxylic acids is 1. The first-order valence-electron chi connectivity index (χ1n) is 7.56. The van der Waals surface area contributed by atoms with Gasteiger partial charge in [-0.05, 0) is 37.8 Å². The molecule has 2 aromatic heterocycles. The molecule has 0 bridgehead atoms. The Labute approximate surface area is 144 Å². The molecule has 2 heterocycles. The van der Waals surface area contributed by atoms with Gasteiger partial charge in [0.1, 0.15) is 5.01 Å². The second-order valence-electron chi connectivity index (χ2n) is 5.78. The van der Waals surface area contributed by atoms with Crippen LogP contribution in [0.3, 0.4) is 0 Å². The van der Waals surface area contributed by atoms with E-state index in [2.05, 4.69) is 9.97 Å². The van der Waals surface area contributed by atoms with Crippen LogP contribution in [-0.2, 0) is 29.4 Å². The molecule has 9 heteroatoms. The lowest BCUT2D eigenvalue weighted by atomic mass is 10.0. The summed E-state index contributed by atoms with van der Waals surface area (Å²) in [5.41, 5.74) is 1.48. The molecular weight excluding hydrogens is 348 g/mol. The van der Waals surface area contributed by atoms with Crippen LogP contribution in [0.15, 0.2) is 23.4 Å². The maximum atomic E-state index is 12.4. The fourth-order valence-corrected chi connectivity index (χ4v) is 4.31. The summed E-state index contributed by atoms with van der Waals surface area (Å²) in [6.45, 7) is 0.424. The molecule has 0 atom stereocenters. The van der Waals surface area contributed by atoms with Crippen molar-refractivity contribution in [3.05, 3.63) is 39.5 Å². The molecule has 2 aromatic rings. The Morgan fingerprint density at radius 2 is 2.08 bits per heavy atom. The first-order valence-corrected chi connectivity index (χ1v) is 9.92. The minimum absolute atomic E-state index is 0.239. The predicted octanol–water partition coefficient (Wildman–Crippen LogP) is 1.34. The third kappa shape index (κ3) is 3.63. The van der Waals surface area contributed by atoms with Gasteiger partial charge in [0.25, 0.3) is 15.9 Å². The zero-order valence-corrected chi connectivity index (χ0v) is 14.9. The normalized spacial score (nSPS) is 14.2. The number of amides is 1. The maximum Gasteiger partial charge on any atom is 0.255 e. The zero-order chi connectivity index (χ0) is 17.3. The number of hydrogen-bond acceptors (Lipinski definition) is 6. The summed E-state index contributed by atoms with van der Waals surface area (Å²) < 4.78 is 22.4. The number of fused-ring (bicyclic) bond motifs is 1. The molecule has 1 aliphatic carbocycles. The summed E-state index contributed by atoms with van der Waals surface area (Å²) in [5.74, 6) is -0.239. The van der Waals surface area contributed by atoms with Gasteiger partial charge in [-0.3, -0.25) is 4.79 Å². The average molecular weight is 366 g/mol. The summed E-state index contributed by atoms with van der Waals surface area (Å²) in [5, 5.41) is 5.67. The van der Waals surface area contributed by atoms with Crippen LogP contribution in [-0.4, -0.2) is 36.2 Å². The molecule has 1 aliphatic rings. The van der Waals surface area contributed by atoms with E-state index in [9.17, 15) is 13.2 Å². The molecule has 7 nitrogen and oxygen atoms in total. The van der Waals surface area contributed by atoms with Gasteiger partial charge in [-0.1, -0.05) is 0 Å². The number of rotatable bonds is 4. The van der Waals surface area contributed by atoms with Gasteiger partial charge >= 0.3 is 0 Å². The largest absolute Gasteiger partial charge is 0.335 e. The summed E-state index contributed by atoms with van der Waals surface area (Å²) in [6.07, 6.45) is 5.69. The Morgan fingerprint density at radius 3 is 2.71 bits per heavy atom. The number of sulfonamides is 1. The molecule has 0 fully saturated rings. The lowest BCUT2D eigenvalue weighted by molar-refractivity contribution is 0.0784. The fraction of sp³-hybridized carbons (Fsp3) is 0.400. The van der Waals surface area contributed by atoms with Crippen molar-refractivity contribution in [3.63, 3.8) is 0 Å². The Kier molecular flexibility index (Phi) is 4.66. The highest BCUT2D eigenvalue weighted by Crippen LogP contribution is 2.27. The molecule has 24 heavy (non-hydrogen) atoms. The Hall–Kier alpha value is -1.84. The molecule has 1 amide bonds. The van der Waals surface area contributed by atoms with E-state index < -0.39 is 10.0 Å². The molecule has 0 spiro atoms. The number of hydrogen-bond donors (Lipinski definition) is 1. The smallest absolute Gasteiger partial charge is 0.255 e. The SMILES string of the molecule is CN(Cc1nc2c(s1)CCCC2)C(=O)c1ccc(S(N)(=O)=O)nc1. The van der Waals surface area contributed by atoms with Crippen LogP contribution in [0.25, 0.3) is 0 Å². The van der Waals surface area contributed by atoms with E-state index in [1.165, 1.54) is 41.7 Å². The fourth-order valence-electron chi connectivity index (χ4n) is 2.64. The lowest BCUT2D eigenvalue weighted by Gasteiger charge is -2.15. The van der Waals surface area contributed by atoms with Crippen LogP contribution >= 0.6 is 11.3 Å². The number of aromatic nitrogens is 2. The molecule has 0 unspecified atom stereocenters. The van der Waals surface area contributed by atoms with Crippen molar-refractivity contribution >= 4 is 27.3 Å². The zero-order valence-electron chi connectivity index (χ0n) is 13.2. The third-order valence-corrected chi connectivity index (χ3v) is 5.85. The van der Waals surface area contributed by atoms with Gasteiger partial charge in [-0.2, -0.15) is 0 Å². The first kappa shape index (κ1) is 17.0. The maximum absolute atomic E-state index is 12.4.